The van der Waals surface area contributed by atoms with E-state index in [4.69, 9.17) is 0 Å². The van der Waals surface area contributed by atoms with Crippen LogP contribution in [0.15, 0.2) is 12.1 Å². The first-order valence-corrected chi connectivity index (χ1v) is 7.77. The summed E-state index contributed by atoms with van der Waals surface area (Å²) in [5.41, 5.74) is 2.06. The maximum Gasteiger partial charge on any atom is 0.157 e. The van der Waals surface area contributed by atoms with E-state index in [-0.39, 0.29) is 23.5 Å². The molecule has 2 atom stereocenters. The first-order valence-electron chi connectivity index (χ1n) is 7.77. The molecular weight excluding hydrogens is 266 g/mol. The lowest BCUT2D eigenvalue weighted by Gasteiger charge is -2.43. The van der Waals surface area contributed by atoms with Gasteiger partial charge in [0.2, 0.25) is 0 Å². The molecule has 2 heterocycles. The van der Waals surface area contributed by atoms with Gasteiger partial charge in [0.15, 0.2) is 11.5 Å². The summed E-state index contributed by atoms with van der Waals surface area (Å²) >= 11 is 0. The summed E-state index contributed by atoms with van der Waals surface area (Å²) in [7, 11) is 0. The number of benzene rings is 1. The summed E-state index contributed by atoms with van der Waals surface area (Å²) in [6.07, 6.45) is 2.34. The van der Waals surface area contributed by atoms with Gasteiger partial charge in [0, 0.05) is 31.5 Å². The van der Waals surface area contributed by atoms with Crippen molar-refractivity contribution in [1.82, 2.24) is 4.90 Å². The van der Waals surface area contributed by atoms with Gasteiger partial charge in [-0.05, 0) is 42.0 Å². The lowest BCUT2D eigenvalue weighted by Crippen LogP contribution is -2.46. The Hall–Kier alpha value is -1.55. The molecule has 1 aromatic rings. The van der Waals surface area contributed by atoms with E-state index in [1.807, 2.05) is 0 Å². The van der Waals surface area contributed by atoms with Crippen LogP contribution < -0.4 is 0 Å². The van der Waals surface area contributed by atoms with Crippen LogP contribution in [-0.2, 0) is 11.2 Å². The van der Waals surface area contributed by atoms with Crippen LogP contribution in [0.2, 0.25) is 0 Å². The van der Waals surface area contributed by atoms with Gasteiger partial charge >= 0.3 is 0 Å². The van der Waals surface area contributed by atoms with Crippen LogP contribution in [0.4, 0.5) is 0 Å². The van der Waals surface area contributed by atoms with Crippen LogP contribution in [0.3, 0.4) is 0 Å². The molecule has 1 fully saturated rings. The number of ketones is 1. The smallest absolute Gasteiger partial charge is 0.157 e. The second kappa shape index (κ2) is 5.34. The lowest BCUT2D eigenvalue weighted by molar-refractivity contribution is -0.129. The van der Waals surface area contributed by atoms with Gasteiger partial charge in [-0.25, -0.2) is 0 Å². The fourth-order valence-corrected chi connectivity index (χ4v) is 3.75. The van der Waals surface area contributed by atoms with Crippen molar-refractivity contribution in [2.75, 3.05) is 13.1 Å². The summed E-state index contributed by atoms with van der Waals surface area (Å²) in [6, 6.07) is 3.35. The van der Waals surface area contributed by atoms with Crippen LogP contribution in [-0.4, -0.2) is 34.0 Å². The number of hydrogen-bond acceptors (Lipinski definition) is 4. The standard InChI is InChI=1S/C17H23NO3/c1-10(2)5-12-9-18-4-3-11-6-16(20)17(21)7-13(11)14(18)8-15(12)19/h6-7,10,12,14,20-21H,3-5,8-9H2,1-2H3/t12-,14-/m0/s1. The van der Waals surface area contributed by atoms with Crippen molar-refractivity contribution in [2.45, 2.75) is 39.2 Å². The molecular formula is C17H23NO3. The fraction of sp³-hybridized carbons (Fsp3) is 0.588. The summed E-state index contributed by atoms with van der Waals surface area (Å²) in [5, 5.41) is 19.4. The molecule has 21 heavy (non-hydrogen) atoms. The largest absolute Gasteiger partial charge is 0.504 e. The molecule has 2 N–H and O–H groups in total. The number of carbonyl (C=O) groups is 1. The topological polar surface area (TPSA) is 60.8 Å². The van der Waals surface area contributed by atoms with Crippen molar-refractivity contribution in [3.05, 3.63) is 23.3 Å². The molecule has 0 bridgehead atoms. The molecule has 0 radical (unpaired) electrons. The van der Waals surface area contributed by atoms with Crippen molar-refractivity contribution in [1.29, 1.82) is 0 Å². The van der Waals surface area contributed by atoms with Gasteiger partial charge in [0.25, 0.3) is 0 Å². The minimum absolute atomic E-state index is 0.0659. The highest BCUT2D eigenvalue weighted by Gasteiger charge is 2.38. The van der Waals surface area contributed by atoms with E-state index < -0.39 is 0 Å². The van der Waals surface area contributed by atoms with E-state index in [0.717, 1.165) is 37.1 Å². The second-order valence-corrected chi connectivity index (χ2v) is 6.80. The molecule has 4 nitrogen and oxygen atoms in total. The SMILES string of the molecule is CC(C)C[C@H]1CN2CCc3cc(O)c(O)cc3[C@@H]2CC1=O. The Labute approximate surface area is 125 Å². The highest BCUT2D eigenvalue weighted by Crippen LogP contribution is 2.41. The van der Waals surface area contributed by atoms with Gasteiger partial charge in [0.05, 0.1) is 0 Å². The molecule has 1 saturated heterocycles. The molecule has 2 aliphatic heterocycles. The van der Waals surface area contributed by atoms with Crippen LogP contribution >= 0.6 is 0 Å². The van der Waals surface area contributed by atoms with Gasteiger partial charge in [-0.3, -0.25) is 9.69 Å². The van der Waals surface area contributed by atoms with E-state index in [1.165, 1.54) is 0 Å². The first-order chi connectivity index (χ1) is 9.95. The zero-order chi connectivity index (χ0) is 15.1. The van der Waals surface area contributed by atoms with Gasteiger partial charge in [-0.15, -0.1) is 0 Å². The number of phenols is 2. The average molecular weight is 289 g/mol. The van der Waals surface area contributed by atoms with Crippen LogP contribution in [0.25, 0.3) is 0 Å². The van der Waals surface area contributed by atoms with Crippen molar-refractivity contribution in [2.24, 2.45) is 11.8 Å². The Morgan fingerprint density at radius 2 is 2.00 bits per heavy atom. The number of nitrogens with zero attached hydrogens (tertiary/aromatic N) is 1. The summed E-state index contributed by atoms with van der Waals surface area (Å²) in [5.74, 6) is 0.863. The monoisotopic (exact) mass is 289 g/mol. The Bertz CT molecular complexity index is 567. The Balaban J connectivity index is 1.87. The summed E-state index contributed by atoms with van der Waals surface area (Å²) in [4.78, 5) is 14.8. The number of aromatic hydroxyl groups is 2. The molecule has 114 valence electrons. The highest BCUT2D eigenvalue weighted by molar-refractivity contribution is 5.83. The fourth-order valence-electron chi connectivity index (χ4n) is 3.75. The number of fused-ring (bicyclic) bond motifs is 3. The number of rotatable bonds is 2. The molecule has 2 aliphatic rings. The summed E-state index contributed by atoms with van der Waals surface area (Å²) < 4.78 is 0. The third-order valence-electron chi connectivity index (χ3n) is 4.77. The van der Waals surface area contributed by atoms with Gasteiger partial charge in [-0.2, -0.15) is 0 Å². The number of phenolic OH excluding ortho intramolecular Hbond substituents is 2. The van der Waals surface area contributed by atoms with E-state index in [0.29, 0.717) is 18.1 Å². The lowest BCUT2D eigenvalue weighted by atomic mass is 9.80. The van der Waals surface area contributed by atoms with Gasteiger partial charge in [0.1, 0.15) is 5.78 Å². The van der Waals surface area contributed by atoms with Crippen LogP contribution in [0, 0.1) is 11.8 Å². The minimum Gasteiger partial charge on any atom is -0.504 e. The highest BCUT2D eigenvalue weighted by atomic mass is 16.3. The number of piperidine rings is 1. The number of hydrogen-bond donors (Lipinski definition) is 2. The predicted molar refractivity (Wildman–Crippen MR) is 80.4 cm³/mol. The van der Waals surface area contributed by atoms with E-state index >= 15 is 0 Å². The number of carbonyl (C=O) groups excluding carboxylic acids is 1. The molecule has 0 spiro atoms. The first kappa shape index (κ1) is 14.4. The molecule has 0 aromatic heterocycles. The predicted octanol–water partition coefficient (Wildman–Crippen LogP) is 2.63. The molecule has 0 saturated carbocycles. The third-order valence-corrected chi connectivity index (χ3v) is 4.77. The average Bonchev–Trinajstić information content (AvgIpc) is 2.41. The Morgan fingerprint density at radius 3 is 2.71 bits per heavy atom. The quantitative estimate of drug-likeness (QED) is 0.822. The van der Waals surface area contributed by atoms with E-state index in [1.54, 1.807) is 12.1 Å². The maximum absolute atomic E-state index is 12.4. The van der Waals surface area contributed by atoms with Gasteiger partial charge < -0.3 is 10.2 Å². The zero-order valence-corrected chi connectivity index (χ0v) is 12.7. The molecule has 0 unspecified atom stereocenters. The Morgan fingerprint density at radius 1 is 1.29 bits per heavy atom. The third kappa shape index (κ3) is 2.64. The summed E-state index contributed by atoms with van der Waals surface area (Å²) in [6.45, 7) is 6.06. The Kier molecular flexibility index (Phi) is 3.66. The minimum atomic E-state index is -0.0904. The molecule has 0 aliphatic carbocycles. The second-order valence-electron chi connectivity index (χ2n) is 6.80. The molecule has 3 rings (SSSR count). The maximum atomic E-state index is 12.4. The van der Waals surface area contributed by atoms with E-state index in [2.05, 4.69) is 18.7 Å². The molecule has 1 aromatic carbocycles. The van der Waals surface area contributed by atoms with Crippen molar-refractivity contribution < 1.29 is 15.0 Å². The van der Waals surface area contributed by atoms with Crippen LogP contribution in [0.5, 0.6) is 11.5 Å². The zero-order valence-electron chi connectivity index (χ0n) is 12.7. The van der Waals surface area contributed by atoms with Crippen molar-refractivity contribution in [3.8, 4) is 11.5 Å². The normalized spacial score (nSPS) is 25.8. The van der Waals surface area contributed by atoms with Crippen LogP contribution in [0.1, 0.15) is 43.9 Å². The molecule has 4 heteroatoms. The van der Waals surface area contributed by atoms with Crippen molar-refractivity contribution >= 4 is 5.78 Å². The molecule has 0 amide bonds. The van der Waals surface area contributed by atoms with E-state index in [9.17, 15) is 15.0 Å². The number of Topliss-reactive ketones (excluding diaryl/α,β-unsaturated/α-hetero) is 1. The van der Waals surface area contributed by atoms with Gasteiger partial charge in [-0.1, -0.05) is 13.8 Å². The van der Waals surface area contributed by atoms with Crippen molar-refractivity contribution in [3.63, 3.8) is 0 Å².